The minimum atomic E-state index is 0.838. The predicted octanol–water partition coefficient (Wildman–Crippen LogP) is 0.363. The predicted molar refractivity (Wildman–Crippen MR) is 36.3 cm³/mol. The molecule has 2 aromatic heterocycles. The van der Waals surface area contributed by atoms with Crippen LogP contribution in [0, 0.1) is 0 Å². The normalized spacial score (nSPS) is 10.5. The van der Waals surface area contributed by atoms with Crippen molar-refractivity contribution in [1.29, 1.82) is 0 Å². The molecule has 50 valence electrons. The average Bonchev–Trinajstić information content (AvgIpc) is 2.27. The van der Waals surface area contributed by atoms with Crippen molar-refractivity contribution in [2.75, 3.05) is 0 Å². The van der Waals surface area contributed by atoms with Crippen LogP contribution in [0.3, 0.4) is 0 Å². The third-order valence-corrected chi connectivity index (χ3v) is 1.30. The molecule has 4 heteroatoms. The second-order valence-electron chi connectivity index (χ2n) is 2.10. The highest BCUT2D eigenvalue weighted by Gasteiger charge is 1.95. The van der Waals surface area contributed by atoms with Crippen molar-refractivity contribution in [2.45, 2.75) is 0 Å². The summed E-state index contributed by atoms with van der Waals surface area (Å²) in [5.41, 5.74) is 1.72. The molecule has 0 bridgehead atoms. The van der Waals surface area contributed by atoms with E-state index in [1.807, 2.05) is 13.2 Å². The Bertz CT molecular complexity index is 318. The molecule has 0 radical (unpaired) electrons. The standard InChI is InChI=1S/C6H6N4/c1-10-3-6-5(9-10)2-7-4-8-6/h2-4H,1H3. The van der Waals surface area contributed by atoms with Crippen LogP contribution in [0.25, 0.3) is 11.0 Å². The molecule has 0 amide bonds. The summed E-state index contributed by atoms with van der Waals surface area (Å²) in [6.07, 6.45) is 5.07. The molecule has 2 rings (SSSR count). The molecule has 0 spiro atoms. The molecule has 0 atom stereocenters. The van der Waals surface area contributed by atoms with Crippen molar-refractivity contribution < 1.29 is 0 Å². The highest BCUT2D eigenvalue weighted by molar-refractivity contribution is 5.71. The van der Waals surface area contributed by atoms with Crippen LogP contribution in [0.2, 0.25) is 0 Å². The van der Waals surface area contributed by atoms with Crippen molar-refractivity contribution >= 4 is 11.0 Å². The van der Waals surface area contributed by atoms with Gasteiger partial charge in [-0.25, -0.2) is 9.97 Å². The lowest BCUT2D eigenvalue weighted by Gasteiger charge is -1.79. The zero-order valence-corrected chi connectivity index (χ0v) is 5.52. The molecule has 0 N–H and O–H groups in total. The maximum absolute atomic E-state index is 4.10. The molecule has 0 fully saturated rings. The lowest BCUT2D eigenvalue weighted by atomic mass is 10.5. The molecule has 0 unspecified atom stereocenters. The number of rotatable bonds is 0. The first-order valence-corrected chi connectivity index (χ1v) is 2.95. The van der Waals surface area contributed by atoms with Crippen LogP contribution >= 0.6 is 0 Å². The van der Waals surface area contributed by atoms with Crippen molar-refractivity contribution in [2.24, 2.45) is 7.05 Å². The third-order valence-electron chi connectivity index (χ3n) is 1.30. The monoisotopic (exact) mass is 134 g/mol. The molecule has 0 saturated carbocycles. The number of aryl methyl sites for hydroxylation is 1. The van der Waals surface area contributed by atoms with Crippen LogP contribution in [-0.2, 0) is 7.05 Å². The summed E-state index contributed by atoms with van der Waals surface area (Å²) < 4.78 is 1.72. The van der Waals surface area contributed by atoms with E-state index in [0.717, 1.165) is 11.0 Å². The molecule has 0 aromatic carbocycles. The largest absolute Gasteiger partial charge is 0.273 e. The van der Waals surface area contributed by atoms with Crippen LogP contribution in [0.4, 0.5) is 0 Å². The molecule has 10 heavy (non-hydrogen) atoms. The van der Waals surface area contributed by atoms with E-state index in [9.17, 15) is 0 Å². The van der Waals surface area contributed by atoms with Crippen molar-refractivity contribution in [1.82, 2.24) is 19.7 Å². The minimum absolute atomic E-state index is 0.838. The second-order valence-corrected chi connectivity index (χ2v) is 2.10. The van der Waals surface area contributed by atoms with Gasteiger partial charge in [0.05, 0.1) is 12.4 Å². The molecule has 4 nitrogen and oxygen atoms in total. The molecular weight excluding hydrogens is 128 g/mol. The van der Waals surface area contributed by atoms with Gasteiger partial charge < -0.3 is 0 Å². The van der Waals surface area contributed by atoms with Gasteiger partial charge in [0.25, 0.3) is 0 Å². The molecule has 0 saturated heterocycles. The Labute approximate surface area is 57.5 Å². The summed E-state index contributed by atoms with van der Waals surface area (Å²) in [6.45, 7) is 0. The highest BCUT2D eigenvalue weighted by atomic mass is 15.3. The van der Waals surface area contributed by atoms with E-state index in [1.54, 1.807) is 10.9 Å². The van der Waals surface area contributed by atoms with Crippen LogP contribution < -0.4 is 0 Å². The van der Waals surface area contributed by atoms with E-state index in [4.69, 9.17) is 0 Å². The van der Waals surface area contributed by atoms with Gasteiger partial charge in [-0.1, -0.05) is 0 Å². The van der Waals surface area contributed by atoms with Gasteiger partial charge >= 0.3 is 0 Å². The molecule has 2 aromatic rings. The van der Waals surface area contributed by atoms with E-state index >= 15 is 0 Å². The maximum Gasteiger partial charge on any atom is 0.129 e. The van der Waals surface area contributed by atoms with Crippen molar-refractivity contribution in [3.63, 3.8) is 0 Å². The first-order chi connectivity index (χ1) is 4.86. The number of nitrogens with zero attached hydrogens (tertiary/aromatic N) is 4. The number of fused-ring (bicyclic) bond motifs is 1. The van der Waals surface area contributed by atoms with Gasteiger partial charge in [0.15, 0.2) is 0 Å². The van der Waals surface area contributed by atoms with Crippen molar-refractivity contribution in [3.05, 3.63) is 18.7 Å². The number of hydrogen-bond acceptors (Lipinski definition) is 3. The summed E-state index contributed by atoms with van der Waals surface area (Å²) >= 11 is 0. The van der Waals surface area contributed by atoms with Gasteiger partial charge in [-0.2, -0.15) is 5.10 Å². The Morgan fingerprint density at radius 3 is 3.10 bits per heavy atom. The molecule has 0 aliphatic heterocycles. The smallest absolute Gasteiger partial charge is 0.129 e. The Balaban J connectivity index is 2.88. The minimum Gasteiger partial charge on any atom is -0.273 e. The zero-order chi connectivity index (χ0) is 6.97. The molecule has 0 aliphatic carbocycles. The summed E-state index contributed by atoms with van der Waals surface area (Å²) in [4.78, 5) is 7.85. The van der Waals surface area contributed by atoms with E-state index in [2.05, 4.69) is 15.1 Å². The Kier molecular flexibility index (Phi) is 0.943. The summed E-state index contributed by atoms with van der Waals surface area (Å²) in [5.74, 6) is 0. The number of aromatic nitrogens is 4. The van der Waals surface area contributed by atoms with Crippen LogP contribution in [-0.4, -0.2) is 19.7 Å². The Morgan fingerprint density at radius 1 is 1.40 bits per heavy atom. The first-order valence-electron chi connectivity index (χ1n) is 2.95. The average molecular weight is 134 g/mol. The molecule has 0 aliphatic rings. The van der Waals surface area contributed by atoms with Gasteiger partial charge in [0.2, 0.25) is 0 Å². The van der Waals surface area contributed by atoms with Crippen molar-refractivity contribution in [3.8, 4) is 0 Å². The summed E-state index contributed by atoms with van der Waals surface area (Å²) in [7, 11) is 1.86. The molecule has 2 heterocycles. The van der Waals surface area contributed by atoms with Crippen LogP contribution in [0.5, 0.6) is 0 Å². The topological polar surface area (TPSA) is 43.6 Å². The quantitative estimate of drug-likeness (QED) is 0.522. The fraction of sp³-hybridized carbons (Fsp3) is 0.167. The Morgan fingerprint density at radius 2 is 2.30 bits per heavy atom. The SMILES string of the molecule is Cn1cc2ncncc2n1. The zero-order valence-electron chi connectivity index (χ0n) is 5.52. The van der Waals surface area contributed by atoms with E-state index in [-0.39, 0.29) is 0 Å². The third kappa shape index (κ3) is 0.655. The van der Waals surface area contributed by atoms with Gasteiger partial charge in [-0.15, -0.1) is 0 Å². The maximum atomic E-state index is 4.10. The lowest BCUT2D eigenvalue weighted by molar-refractivity contribution is 0.779. The van der Waals surface area contributed by atoms with Crippen LogP contribution in [0.1, 0.15) is 0 Å². The van der Waals surface area contributed by atoms with Gasteiger partial charge in [0, 0.05) is 7.05 Å². The summed E-state index contributed by atoms with van der Waals surface area (Å²) in [6, 6.07) is 0. The van der Waals surface area contributed by atoms with Gasteiger partial charge in [-0.05, 0) is 0 Å². The first kappa shape index (κ1) is 5.34. The van der Waals surface area contributed by atoms with E-state index in [1.165, 1.54) is 6.33 Å². The lowest BCUT2D eigenvalue weighted by Crippen LogP contribution is -1.84. The second kappa shape index (κ2) is 1.76. The van der Waals surface area contributed by atoms with Gasteiger partial charge in [0.1, 0.15) is 17.4 Å². The molecular formula is C6H6N4. The van der Waals surface area contributed by atoms with E-state index in [0.29, 0.717) is 0 Å². The number of hydrogen-bond donors (Lipinski definition) is 0. The fourth-order valence-corrected chi connectivity index (χ4v) is 0.884. The summed E-state index contributed by atoms with van der Waals surface area (Å²) in [5, 5.41) is 4.10. The fourth-order valence-electron chi connectivity index (χ4n) is 0.884. The van der Waals surface area contributed by atoms with Crippen LogP contribution in [0.15, 0.2) is 18.7 Å². The van der Waals surface area contributed by atoms with E-state index < -0.39 is 0 Å². The highest BCUT2D eigenvalue weighted by Crippen LogP contribution is 2.03. The Hall–Kier alpha value is -1.45. The van der Waals surface area contributed by atoms with Gasteiger partial charge in [-0.3, -0.25) is 4.68 Å².